The number of halogens is 1. The Morgan fingerprint density at radius 3 is 2.35 bits per heavy atom. The maximum atomic E-state index is 13.8. The molecule has 2 aromatic carbocycles. The van der Waals surface area contributed by atoms with Crippen molar-refractivity contribution in [1.29, 1.82) is 0 Å². The molecule has 3 aromatic rings. The number of nitrogens with one attached hydrogen (secondary N) is 1. The van der Waals surface area contributed by atoms with Gasteiger partial charge in [0.25, 0.3) is 0 Å². The Morgan fingerprint density at radius 2 is 1.65 bits per heavy atom. The van der Waals surface area contributed by atoms with E-state index in [0.29, 0.717) is 22.2 Å². The maximum Gasteiger partial charge on any atom is 0.305 e. The highest BCUT2D eigenvalue weighted by Gasteiger charge is 2.69. The van der Waals surface area contributed by atoms with E-state index in [9.17, 15) is 14.4 Å². The van der Waals surface area contributed by atoms with E-state index in [-0.39, 0.29) is 57.4 Å². The van der Waals surface area contributed by atoms with E-state index in [1.807, 2.05) is 18.2 Å². The van der Waals surface area contributed by atoms with Crippen LogP contribution in [0.5, 0.6) is 11.5 Å². The van der Waals surface area contributed by atoms with Crippen LogP contribution in [0.25, 0.3) is 0 Å². The van der Waals surface area contributed by atoms with Crippen LogP contribution >= 0.6 is 34.7 Å². The van der Waals surface area contributed by atoms with Gasteiger partial charge in [-0.05, 0) is 66.1 Å². The molecule has 0 radical (unpaired) electrons. The summed E-state index contributed by atoms with van der Waals surface area (Å²) in [6.45, 7) is 0. The lowest BCUT2D eigenvalue weighted by Gasteiger charge is -2.43. The number of fused-ring (bicyclic) bond motifs is 9. The smallest absolute Gasteiger partial charge is 0.305 e. The number of rotatable bonds is 4. The lowest BCUT2D eigenvalue weighted by Crippen LogP contribution is -2.42. The van der Waals surface area contributed by atoms with Gasteiger partial charge in [0.2, 0.25) is 11.8 Å². The summed E-state index contributed by atoms with van der Waals surface area (Å²) in [6, 6.07) is 12.8. The van der Waals surface area contributed by atoms with Crippen LogP contribution in [0.2, 0.25) is 5.02 Å². The van der Waals surface area contributed by atoms with Crippen LogP contribution in [0.1, 0.15) is 22.8 Å². The number of thioether (sulfide) groups is 1. The van der Waals surface area contributed by atoms with Gasteiger partial charge in [-0.1, -0.05) is 29.0 Å². The van der Waals surface area contributed by atoms with Gasteiger partial charge in [-0.2, -0.15) is 0 Å². The normalized spacial score (nSPS) is 31.3. The Balaban J connectivity index is 1.32. The first-order valence-electron chi connectivity index (χ1n) is 12.2. The minimum atomic E-state index is -0.352. The first-order valence-corrected chi connectivity index (χ1v) is 14.2. The van der Waals surface area contributed by atoms with Crippen molar-refractivity contribution in [1.82, 2.24) is 4.98 Å². The van der Waals surface area contributed by atoms with E-state index in [1.165, 1.54) is 16.2 Å². The minimum absolute atomic E-state index is 0.0460. The Bertz CT molecular complexity index is 1500. The summed E-state index contributed by atoms with van der Waals surface area (Å²) < 4.78 is 11.0. The standard InChI is InChI=1S/C27H23ClN2O5S2/c1-34-16-8-3-11(9-17(16)35-2)18-19-14-10-15(22(19)36-24-23(18)37-27(33)29-24)21-20(14)25(31)30(26(21)32)13-6-4-12(28)5-7-13/h3-9,14-15,18-22H,10H2,1-2H3,(H,29,33)/t14-,15-,18-,19-,20+,21+,22-/m1/s1. The number of aromatic amines is 1. The summed E-state index contributed by atoms with van der Waals surface area (Å²) in [6.07, 6.45) is 0.840. The molecule has 10 heteroatoms. The number of carbonyl (C=O) groups excluding carboxylic acids is 2. The van der Waals surface area contributed by atoms with Gasteiger partial charge in [0, 0.05) is 21.1 Å². The molecule has 2 amide bonds. The second-order valence-electron chi connectivity index (χ2n) is 10.1. The maximum absolute atomic E-state index is 13.8. The minimum Gasteiger partial charge on any atom is -0.493 e. The molecule has 4 aliphatic rings. The molecule has 2 aliphatic carbocycles. The van der Waals surface area contributed by atoms with Crippen molar-refractivity contribution in [3.8, 4) is 11.5 Å². The molecule has 2 saturated carbocycles. The highest BCUT2D eigenvalue weighted by molar-refractivity contribution is 8.00. The zero-order valence-electron chi connectivity index (χ0n) is 20.0. The number of hydrogen-bond acceptors (Lipinski definition) is 7. The van der Waals surface area contributed by atoms with Gasteiger partial charge in [-0.3, -0.25) is 19.3 Å². The molecule has 2 aliphatic heterocycles. The molecule has 7 nitrogen and oxygen atoms in total. The second-order valence-corrected chi connectivity index (χ2v) is 12.7. The summed E-state index contributed by atoms with van der Waals surface area (Å²) in [4.78, 5) is 45.3. The van der Waals surface area contributed by atoms with Crippen molar-refractivity contribution in [2.24, 2.45) is 29.6 Å². The number of ether oxygens (including phenoxy) is 2. The number of H-pyrrole nitrogens is 1. The van der Waals surface area contributed by atoms with Crippen LogP contribution in [0.3, 0.4) is 0 Å². The predicted octanol–water partition coefficient (Wildman–Crippen LogP) is 4.78. The summed E-state index contributed by atoms with van der Waals surface area (Å²) in [5.41, 5.74) is 1.60. The molecule has 190 valence electrons. The lowest BCUT2D eigenvalue weighted by molar-refractivity contribution is -0.123. The topological polar surface area (TPSA) is 88.7 Å². The molecule has 7 rings (SSSR count). The molecule has 0 unspecified atom stereocenters. The third-order valence-electron chi connectivity index (χ3n) is 8.58. The fourth-order valence-corrected chi connectivity index (χ4v) is 10.3. The summed E-state index contributed by atoms with van der Waals surface area (Å²) in [5, 5.41) is 1.57. The van der Waals surface area contributed by atoms with Crippen molar-refractivity contribution < 1.29 is 19.1 Å². The number of amides is 2. The fourth-order valence-electron chi connectivity index (χ4n) is 7.28. The highest BCUT2D eigenvalue weighted by Crippen LogP contribution is 2.68. The number of carbonyl (C=O) groups is 2. The van der Waals surface area contributed by atoms with Crippen LogP contribution in [0.15, 0.2) is 52.3 Å². The molecule has 1 aromatic heterocycles. The lowest BCUT2D eigenvalue weighted by atomic mass is 9.68. The van der Waals surface area contributed by atoms with Gasteiger partial charge >= 0.3 is 4.87 Å². The first kappa shape index (κ1) is 23.4. The van der Waals surface area contributed by atoms with Crippen molar-refractivity contribution in [2.75, 3.05) is 19.1 Å². The van der Waals surface area contributed by atoms with E-state index in [4.69, 9.17) is 21.1 Å². The molecule has 1 N–H and O–H groups in total. The number of anilines is 1. The van der Waals surface area contributed by atoms with Gasteiger partial charge < -0.3 is 14.5 Å². The molecule has 2 bridgehead atoms. The van der Waals surface area contributed by atoms with Crippen LogP contribution < -0.4 is 19.2 Å². The van der Waals surface area contributed by atoms with Gasteiger partial charge in [0.15, 0.2) is 11.5 Å². The number of nitrogens with zero attached hydrogens (tertiary/aromatic N) is 1. The summed E-state index contributed by atoms with van der Waals surface area (Å²) >= 11 is 8.97. The molecule has 1 saturated heterocycles. The Labute approximate surface area is 226 Å². The molecule has 3 fully saturated rings. The van der Waals surface area contributed by atoms with Crippen LogP contribution in [-0.4, -0.2) is 36.3 Å². The number of imide groups is 1. The summed E-state index contributed by atoms with van der Waals surface area (Å²) in [5.74, 6) is 0.504. The average Bonchev–Trinajstić information content (AvgIpc) is 3.63. The number of aromatic nitrogens is 1. The number of thiazole rings is 1. The summed E-state index contributed by atoms with van der Waals surface area (Å²) in [7, 11) is 3.21. The van der Waals surface area contributed by atoms with Crippen molar-refractivity contribution >= 4 is 52.2 Å². The molecule has 37 heavy (non-hydrogen) atoms. The van der Waals surface area contributed by atoms with Crippen molar-refractivity contribution in [3.63, 3.8) is 0 Å². The van der Waals surface area contributed by atoms with Gasteiger partial charge in [-0.15, -0.1) is 11.8 Å². The molecule has 7 atom stereocenters. The van der Waals surface area contributed by atoms with E-state index in [0.717, 1.165) is 21.9 Å². The molecular weight excluding hydrogens is 532 g/mol. The Morgan fingerprint density at radius 1 is 0.946 bits per heavy atom. The average molecular weight is 555 g/mol. The third-order valence-corrected chi connectivity index (χ3v) is 11.4. The highest BCUT2D eigenvalue weighted by atomic mass is 35.5. The van der Waals surface area contributed by atoms with Crippen LogP contribution in [0, 0.1) is 29.6 Å². The zero-order valence-corrected chi connectivity index (χ0v) is 22.4. The largest absolute Gasteiger partial charge is 0.493 e. The number of methoxy groups -OCH3 is 2. The van der Waals surface area contributed by atoms with Gasteiger partial charge in [0.05, 0.1) is 36.8 Å². The molecular formula is C27H23ClN2O5S2. The molecule has 3 heterocycles. The molecule has 0 spiro atoms. The quantitative estimate of drug-likeness (QED) is 0.467. The van der Waals surface area contributed by atoms with E-state index >= 15 is 0 Å². The first-order chi connectivity index (χ1) is 17.9. The Kier molecular flexibility index (Phi) is 5.29. The van der Waals surface area contributed by atoms with Gasteiger partial charge in [-0.25, -0.2) is 0 Å². The van der Waals surface area contributed by atoms with Crippen LogP contribution in [0.4, 0.5) is 5.69 Å². The van der Waals surface area contributed by atoms with E-state index in [2.05, 4.69) is 4.98 Å². The van der Waals surface area contributed by atoms with Crippen molar-refractivity contribution in [3.05, 3.63) is 67.6 Å². The second kappa shape index (κ2) is 8.38. The van der Waals surface area contributed by atoms with Crippen LogP contribution in [-0.2, 0) is 9.59 Å². The number of hydrogen-bond donors (Lipinski definition) is 1. The van der Waals surface area contributed by atoms with Crippen molar-refractivity contribution in [2.45, 2.75) is 22.6 Å². The van der Waals surface area contributed by atoms with Gasteiger partial charge in [0.1, 0.15) is 0 Å². The predicted molar refractivity (Wildman–Crippen MR) is 142 cm³/mol. The number of benzene rings is 2. The third kappa shape index (κ3) is 3.23. The fraction of sp³-hybridized carbons (Fsp3) is 0.370. The van der Waals surface area contributed by atoms with E-state index in [1.54, 1.807) is 50.2 Å². The Hall–Kier alpha value is -2.75. The SMILES string of the molecule is COc1ccc([C@H]2c3sc(=O)[nH]c3S[C@@H]3[C@@H]4C[C@@H]([C@@H]5C(=O)N(c6ccc(Cl)cc6)C(=O)[C@@H]45)[C@H]23)cc1OC. The monoisotopic (exact) mass is 554 g/mol. The van der Waals surface area contributed by atoms with E-state index < -0.39 is 0 Å². The zero-order chi connectivity index (χ0) is 25.6.